The van der Waals surface area contributed by atoms with Crippen molar-refractivity contribution in [1.29, 1.82) is 0 Å². The number of hydrogen-bond acceptors (Lipinski definition) is 3. The molecular weight excluding hydrogens is 352 g/mol. The van der Waals surface area contributed by atoms with Gasteiger partial charge in [0.1, 0.15) is 0 Å². The minimum atomic E-state index is -3.36. The minimum Gasteiger partial charge on any atom is -0.326 e. The monoisotopic (exact) mass is 368 g/mol. The summed E-state index contributed by atoms with van der Waals surface area (Å²) >= 11 is 3.36. The molecular formula is C15H17BrN2O2S. The van der Waals surface area contributed by atoms with E-state index in [9.17, 15) is 8.42 Å². The highest BCUT2D eigenvalue weighted by atomic mass is 79.9. The predicted octanol–water partition coefficient (Wildman–Crippen LogP) is 2.53. The number of nitrogens with two attached hydrogens (primary N) is 1. The Morgan fingerprint density at radius 3 is 2.29 bits per heavy atom. The Morgan fingerprint density at radius 1 is 1.00 bits per heavy atom. The summed E-state index contributed by atoms with van der Waals surface area (Å²) in [5.41, 5.74) is 8.15. The van der Waals surface area contributed by atoms with Crippen LogP contribution in [0.3, 0.4) is 0 Å². The van der Waals surface area contributed by atoms with Crippen LogP contribution < -0.4 is 10.5 Å². The normalized spacial score (nSPS) is 11.5. The van der Waals surface area contributed by atoms with Crippen molar-refractivity contribution in [3.05, 3.63) is 69.7 Å². The van der Waals surface area contributed by atoms with Gasteiger partial charge in [0.05, 0.1) is 5.75 Å². The van der Waals surface area contributed by atoms with E-state index in [1.165, 1.54) is 0 Å². The first-order chi connectivity index (χ1) is 9.98. The molecule has 0 bridgehead atoms. The highest BCUT2D eigenvalue weighted by Crippen LogP contribution is 2.12. The molecule has 3 N–H and O–H groups in total. The van der Waals surface area contributed by atoms with Gasteiger partial charge in [-0.05, 0) is 28.8 Å². The van der Waals surface area contributed by atoms with Gasteiger partial charge in [-0.3, -0.25) is 0 Å². The van der Waals surface area contributed by atoms with Crippen molar-refractivity contribution in [2.75, 3.05) is 0 Å². The lowest BCUT2D eigenvalue weighted by atomic mass is 10.1. The number of halogens is 1. The Morgan fingerprint density at radius 2 is 1.67 bits per heavy atom. The molecule has 0 fully saturated rings. The molecule has 0 atom stereocenters. The molecule has 21 heavy (non-hydrogen) atoms. The molecule has 6 heteroatoms. The summed E-state index contributed by atoms with van der Waals surface area (Å²) in [4.78, 5) is 0. The third-order valence-corrected chi connectivity index (χ3v) is 4.79. The second-order valence-electron chi connectivity index (χ2n) is 4.73. The first-order valence-electron chi connectivity index (χ1n) is 6.48. The van der Waals surface area contributed by atoms with Crippen LogP contribution in [0.25, 0.3) is 0 Å². The van der Waals surface area contributed by atoms with Crippen LogP contribution >= 0.6 is 15.9 Å². The Bertz CT molecular complexity index is 700. The van der Waals surface area contributed by atoms with Crippen molar-refractivity contribution in [2.45, 2.75) is 18.8 Å². The Labute approximate surface area is 133 Å². The Balaban J connectivity index is 1.98. The van der Waals surface area contributed by atoms with Crippen molar-refractivity contribution in [3.63, 3.8) is 0 Å². The molecule has 0 aliphatic carbocycles. The zero-order chi connectivity index (χ0) is 15.3. The maximum Gasteiger partial charge on any atom is 0.216 e. The third-order valence-electron chi connectivity index (χ3n) is 3.00. The van der Waals surface area contributed by atoms with Gasteiger partial charge in [0, 0.05) is 17.6 Å². The van der Waals surface area contributed by atoms with E-state index < -0.39 is 10.0 Å². The van der Waals surface area contributed by atoms with Gasteiger partial charge in [-0.2, -0.15) is 0 Å². The highest BCUT2D eigenvalue weighted by Gasteiger charge is 2.11. The Kier molecular flexibility index (Phi) is 5.52. The van der Waals surface area contributed by atoms with Gasteiger partial charge in [-0.1, -0.05) is 52.3 Å². The zero-order valence-corrected chi connectivity index (χ0v) is 13.8. The lowest BCUT2D eigenvalue weighted by Crippen LogP contribution is -2.24. The van der Waals surface area contributed by atoms with Gasteiger partial charge in [0.15, 0.2) is 0 Å². The molecule has 2 aromatic carbocycles. The number of hydrogen-bond donors (Lipinski definition) is 2. The van der Waals surface area contributed by atoms with Crippen LogP contribution in [0, 0.1) is 0 Å². The fourth-order valence-electron chi connectivity index (χ4n) is 1.88. The van der Waals surface area contributed by atoms with E-state index in [2.05, 4.69) is 20.7 Å². The van der Waals surface area contributed by atoms with Gasteiger partial charge < -0.3 is 5.73 Å². The van der Waals surface area contributed by atoms with Crippen molar-refractivity contribution in [3.8, 4) is 0 Å². The Hall–Kier alpha value is -1.21. The molecule has 2 rings (SSSR count). The predicted molar refractivity (Wildman–Crippen MR) is 87.9 cm³/mol. The van der Waals surface area contributed by atoms with Gasteiger partial charge >= 0.3 is 0 Å². The summed E-state index contributed by atoms with van der Waals surface area (Å²) in [6, 6.07) is 14.8. The summed E-state index contributed by atoms with van der Waals surface area (Å²) in [5.74, 6) is -0.0359. The SMILES string of the molecule is NCc1ccc(CS(=O)(=O)NCc2cccc(Br)c2)cc1. The van der Waals surface area contributed by atoms with Crippen LogP contribution in [0.5, 0.6) is 0 Å². The average Bonchev–Trinajstić information content (AvgIpc) is 2.46. The number of sulfonamides is 1. The maximum atomic E-state index is 12.1. The number of benzene rings is 2. The van der Waals surface area contributed by atoms with Gasteiger partial charge in [0.2, 0.25) is 10.0 Å². The summed E-state index contributed by atoms with van der Waals surface area (Å²) in [6.45, 7) is 0.733. The van der Waals surface area contributed by atoms with Crippen molar-refractivity contribution in [1.82, 2.24) is 4.72 Å². The van der Waals surface area contributed by atoms with E-state index in [4.69, 9.17) is 5.73 Å². The van der Waals surface area contributed by atoms with Crippen molar-refractivity contribution < 1.29 is 8.42 Å². The second-order valence-corrected chi connectivity index (χ2v) is 7.45. The lowest BCUT2D eigenvalue weighted by molar-refractivity contribution is 0.580. The molecule has 0 radical (unpaired) electrons. The van der Waals surface area contributed by atoms with Crippen LogP contribution in [0.4, 0.5) is 0 Å². The molecule has 4 nitrogen and oxygen atoms in total. The van der Waals surface area contributed by atoms with E-state index >= 15 is 0 Å². The molecule has 112 valence electrons. The molecule has 0 aromatic heterocycles. The van der Waals surface area contributed by atoms with Gasteiger partial charge in [-0.25, -0.2) is 13.1 Å². The summed E-state index contributed by atoms with van der Waals surface area (Å²) in [5, 5.41) is 0. The van der Waals surface area contributed by atoms with Gasteiger partial charge in [0.25, 0.3) is 0 Å². The maximum absolute atomic E-state index is 12.1. The highest BCUT2D eigenvalue weighted by molar-refractivity contribution is 9.10. The molecule has 0 unspecified atom stereocenters. The van der Waals surface area contributed by atoms with E-state index in [0.717, 1.165) is 21.2 Å². The molecule has 0 aliphatic rings. The first kappa shape index (κ1) is 16.2. The largest absolute Gasteiger partial charge is 0.326 e. The zero-order valence-electron chi connectivity index (χ0n) is 11.4. The lowest BCUT2D eigenvalue weighted by Gasteiger charge is -2.08. The third kappa shape index (κ3) is 5.24. The van der Waals surface area contributed by atoms with Crippen LogP contribution in [0.1, 0.15) is 16.7 Å². The van der Waals surface area contributed by atoms with Crippen molar-refractivity contribution in [2.24, 2.45) is 5.73 Å². The fourth-order valence-corrected chi connectivity index (χ4v) is 3.45. The molecule has 0 saturated carbocycles. The van der Waals surface area contributed by atoms with E-state index in [1.807, 2.05) is 36.4 Å². The molecule has 0 amide bonds. The molecule has 0 aliphatic heterocycles. The second kappa shape index (κ2) is 7.17. The van der Waals surface area contributed by atoms with Crippen LogP contribution in [-0.4, -0.2) is 8.42 Å². The van der Waals surface area contributed by atoms with Crippen molar-refractivity contribution >= 4 is 26.0 Å². The number of rotatable bonds is 6. The average molecular weight is 369 g/mol. The summed E-state index contributed by atoms with van der Waals surface area (Å²) in [6.07, 6.45) is 0. The topological polar surface area (TPSA) is 72.2 Å². The smallest absolute Gasteiger partial charge is 0.216 e. The van der Waals surface area contributed by atoms with Gasteiger partial charge in [-0.15, -0.1) is 0 Å². The van der Waals surface area contributed by atoms with E-state index in [0.29, 0.717) is 6.54 Å². The van der Waals surface area contributed by atoms with Crippen LogP contribution in [0.15, 0.2) is 53.0 Å². The summed E-state index contributed by atoms with van der Waals surface area (Å²) < 4.78 is 27.7. The van der Waals surface area contributed by atoms with Crippen LogP contribution in [0.2, 0.25) is 0 Å². The molecule has 2 aromatic rings. The standard InChI is InChI=1S/C15H17BrN2O2S/c16-15-3-1-2-14(8-15)10-18-21(19,20)11-13-6-4-12(9-17)5-7-13/h1-8,18H,9-11,17H2. The molecule has 0 saturated heterocycles. The first-order valence-corrected chi connectivity index (χ1v) is 8.93. The van der Waals surface area contributed by atoms with Crippen LogP contribution in [-0.2, 0) is 28.9 Å². The molecule has 0 heterocycles. The quantitative estimate of drug-likeness (QED) is 0.822. The number of nitrogens with one attached hydrogen (secondary N) is 1. The summed E-state index contributed by atoms with van der Waals surface area (Å²) in [7, 11) is -3.36. The molecule has 0 spiro atoms. The van der Waals surface area contributed by atoms with E-state index in [-0.39, 0.29) is 12.3 Å². The fraction of sp³-hybridized carbons (Fsp3) is 0.200. The van der Waals surface area contributed by atoms with E-state index in [1.54, 1.807) is 12.1 Å². The minimum absolute atomic E-state index is 0.0359.